The third-order valence-corrected chi connectivity index (χ3v) is 4.17. The first-order valence-electron chi connectivity index (χ1n) is 7.65. The van der Waals surface area contributed by atoms with E-state index in [1.807, 2.05) is 0 Å². The van der Waals surface area contributed by atoms with Crippen LogP contribution in [0.25, 0.3) is 0 Å². The molecule has 0 unspecified atom stereocenters. The highest BCUT2D eigenvalue weighted by molar-refractivity contribution is 6.31. The summed E-state index contributed by atoms with van der Waals surface area (Å²) in [6.07, 6.45) is 0.213. The van der Waals surface area contributed by atoms with Crippen molar-refractivity contribution in [1.82, 2.24) is 4.90 Å². The molecule has 0 spiro atoms. The molecule has 2 aromatic rings. The minimum absolute atomic E-state index is 0.0625. The van der Waals surface area contributed by atoms with E-state index in [1.54, 1.807) is 36.4 Å². The van der Waals surface area contributed by atoms with Crippen LogP contribution in [-0.4, -0.2) is 41.9 Å². The van der Waals surface area contributed by atoms with E-state index in [2.05, 4.69) is 0 Å². The van der Waals surface area contributed by atoms with Crippen molar-refractivity contribution in [1.29, 1.82) is 0 Å². The van der Waals surface area contributed by atoms with E-state index in [4.69, 9.17) is 4.74 Å². The van der Waals surface area contributed by atoms with Crippen molar-refractivity contribution in [2.75, 3.05) is 7.11 Å². The van der Waals surface area contributed by atoms with Gasteiger partial charge in [0.25, 0.3) is 11.8 Å². The van der Waals surface area contributed by atoms with Crippen LogP contribution in [-0.2, 0) is 16.0 Å². The summed E-state index contributed by atoms with van der Waals surface area (Å²) in [6, 6.07) is 12.1. The second kappa shape index (κ2) is 6.68. The van der Waals surface area contributed by atoms with Crippen LogP contribution in [0.4, 0.5) is 0 Å². The van der Waals surface area contributed by atoms with E-state index in [0.717, 1.165) is 4.90 Å². The molecule has 1 aliphatic heterocycles. The quantitative estimate of drug-likeness (QED) is 0.455. The lowest BCUT2D eigenvalue weighted by atomic mass is 10.0. The zero-order valence-electron chi connectivity index (χ0n) is 13.5. The second-order valence-electron chi connectivity index (χ2n) is 5.61. The molecular weight excluding hydrogens is 322 g/mol. The van der Waals surface area contributed by atoms with Crippen LogP contribution < -0.4 is 4.74 Å². The highest BCUT2D eigenvalue weighted by atomic mass is 16.5. The van der Waals surface area contributed by atoms with Gasteiger partial charge in [0.15, 0.2) is 6.29 Å². The fraction of sp³-hybridized carbons (Fsp3) is 0.158. The summed E-state index contributed by atoms with van der Waals surface area (Å²) in [4.78, 5) is 49.2. The van der Waals surface area contributed by atoms with Crippen LogP contribution in [0.2, 0.25) is 0 Å². The van der Waals surface area contributed by atoms with Gasteiger partial charge in [-0.05, 0) is 29.8 Å². The van der Waals surface area contributed by atoms with E-state index in [1.165, 1.54) is 19.2 Å². The summed E-state index contributed by atoms with van der Waals surface area (Å²) in [5, 5.41) is 0. The number of benzene rings is 2. The van der Waals surface area contributed by atoms with Gasteiger partial charge in [-0.15, -0.1) is 0 Å². The summed E-state index contributed by atoms with van der Waals surface area (Å²) in [5.41, 5.74) is 1.19. The molecule has 0 saturated heterocycles. The van der Waals surface area contributed by atoms with Crippen molar-refractivity contribution >= 4 is 23.9 Å². The van der Waals surface area contributed by atoms with E-state index in [9.17, 15) is 19.2 Å². The van der Waals surface area contributed by atoms with Gasteiger partial charge in [-0.25, -0.2) is 0 Å². The maximum atomic E-state index is 12.6. The number of hydrogen-bond donors (Lipinski definition) is 0. The summed E-state index contributed by atoms with van der Waals surface area (Å²) in [5.74, 6) is -1.29. The van der Waals surface area contributed by atoms with Crippen LogP contribution in [0, 0.1) is 0 Å². The largest absolute Gasteiger partial charge is 0.497 e. The lowest BCUT2D eigenvalue weighted by Crippen LogP contribution is -2.46. The molecule has 1 heterocycles. The molecule has 2 aromatic carbocycles. The number of Topliss-reactive ketones (excluding diaryl/α,β-unsaturated/α-hetero) is 1. The number of nitrogens with zero attached hydrogens (tertiary/aromatic N) is 1. The van der Waals surface area contributed by atoms with E-state index >= 15 is 0 Å². The molecule has 0 saturated carbocycles. The molecule has 1 aliphatic rings. The SMILES string of the molecule is COc1ccc(C[C@H](C(=O)C=O)N2C(=O)c3ccccc3C2=O)cc1. The van der Waals surface area contributed by atoms with Crippen molar-refractivity contribution in [3.05, 3.63) is 65.2 Å². The maximum Gasteiger partial charge on any atom is 0.262 e. The average molecular weight is 337 g/mol. The molecule has 6 heteroatoms. The minimum Gasteiger partial charge on any atom is -0.497 e. The van der Waals surface area contributed by atoms with Gasteiger partial charge in [-0.3, -0.25) is 24.1 Å². The molecule has 0 radical (unpaired) electrons. The van der Waals surface area contributed by atoms with Gasteiger partial charge in [-0.2, -0.15) is 0 Å². The Morgan fingerprint density at radius 1 is 1.04 bits per heavy atom. The van der Waals surface area contributed by atoms with Gasteiger partial charge < -0.3 is 4.74 Å². The van der Waals surface area contributed by atoms with Crippen molar-refractivity contribution in [3.63, 3.8) is 0 Å². The molecule has 25 heavy (non-hydrogen) atoms. The third-order valence-electron chi connectivity index (χ3n) is 4.17. The Morgan fingerprint density at radius 3 is 2.08 bits per heavy atom. The topological polar surface area (TPSA) is 80.8 Å². The summed E-state index contributed by atoms with van der Waals surface area (Å²) in [6.45, 7) is 0. The van der Waals surface area contributed by atoms with Crippen molar-refractivity contribution in [2.24, 2.45) is 0 Å². The first kappa shape index (κ1) is 16.6. The van der Waals surface area contributed by atoms with E-state index in [0.29, 0.717) is 11.3 Å². The second-order valence-corrected chi connectivity index (χ2v) is 5.61. The van der Waals surface area contributed by atoms with Crippen LogP contribution in [0.3, 0.4) is 0 Å². The molecule has 0 N–H and O–H groups in total. The summed E-state index contributed by atoms with van der Waals surface area (Å²) >= 11 is 0. The average Bonchev–Trinajstić information content (AvgIpc) is 2.91. The lowest BCUT2D eigenvalue weighted by molar-refractivity contribution is -0.132. The van der Waals surface area contributed by atoms with Gasteiger partial charge >= 0.3 is 0 Å². The smallest absolute Gasteiger partial charge is 0.262 e. The number of ketones is 1. The molecule has 0 aliphatic carbocycles. The Kier molecular flexibility index (Phi) is 4.43. The molecule has 3 rings (SSSR count). The first-order chi connectivity index (χ1) is 12.1. The van der Waals surface area contributed by atoms with Crippen molar-refractivity contribution in [3.8, 4) is 5.75 Å². The number of methoxy groups -OCH3 is 1. The number of ether oxygens (including phenoxy) is 1. The Labute approximate surface area is 144 Å². The highest BCUT2D eigenvalue weighted by Gasteiger charge is 2.42. The lowest BCUT2D eigenvalue weighted by Gasteiger charge is -2.23. The highest BCUT2D eigenvalue weighted by Crippen LogP contribution is 2.26. The number of carbonyl (C=O) groups is 4. The predicted molar refractivity (Wildman–Crippen MR) is 88.5 cm³/mol. The number of carbonyl (C=O) groups excluding carboxylic acids is 4. The van der Waals surface area contributed by atoms with Crippen molar-refractivity contribution < 1.29 is 23.9 Å². The van der Waals surface area contributed by atoms with Crippen LogP contribution in [0.15, 0.2) is 48.5 Å². The molecular formula is C19H15NO5. The number of amides is 2. The zero-order chi connectivity index (χ0) is 18.0. The van der Waals surface area contributed by atoms with Gasteiger partial charge in [0.05, 0.1) is 18.2 Å². The maximum absolute atomic E-state index is 12.6. The van der Waals surface area contributed by atoms with E-state index < -0.39 is 23.6 Å². The monoisotopic (exact) mass is 337 g/mol. The molecule has 1 atom stereocenters. The van der Waals surface area contributed by atoms with Gasteiger partial charge in [0, 0.05) is 6.42 Å². The first-order valence-corrected chi connectivity index (χ1v) is 7.65. The molecule has 6 nitrogen and oxygen atoms in total. The third kappa shape index (κ3) is 2.94. The molecule has 0 fully saturated rings. The summed E-state index contributed by atoms with van der Waals surface area (Å²) < 4.78 is 5.08. The standard InChI is InChI=1S/C19H15NO5/c1-25-13-8-6-12(7-9-13)10-16(17(22)11-21)20-18(23)14-4-2-3-5-15(14)19(20)24/h2-9,11,16H,10H2,1H3/t16-/m1/s1. The molecule has 2 amide bonds. The molecule has 126 valence electrons. The number of fused-ring (bicyclic) bond motifs is 1. The number of hydrogen-bond acceptors (Lipinski definition) is 5. The Balaban J connectivity index is 1.94. The fourth-order valence-electron chi connectivity index (χ4n) is 2.87. The van der Waals surface area contributed by atoms with Crippen molar-refractivity contribution in [2.45, 2.75) is 12.5 Å². The number of aldehydes is 1. The number of rotatable bonds is 6. The fourth-order valence-corrected chi connectivity index (χ4v) is 2.87. The van der Waals surface area contributed by atoms with Crippen LogP contribution in [0.5, 0.6) is 5.75 Å². The minimum atomic E-state index is -1.17. The van der Waals surface area contributed by atoms with Gasteiger partial charge in [-0.1, -0.05) is 24.3 Å². The Bertz CT molecular complexity index is 821. The normalized spacial score (nSPS) is 14.2. The molecule has 0 bridgehead atoms. The number of imide groups is 1. The molecule has 0 aromatic heterocycles. The van der Waals surface area contributed by atoms with Gasteiger partial charge in [0.1, 0.15) is 11.8 Å². The van der Waals surface area contributed by atoms with E-state index in [-0.39, 0.29) is 23.8 Å². The predicted octanol–water partition coefficient (Wildman–Crippen LogP) is 1.67. The Hall–Kier alpha value is -3.28. The Morgan fingerprint density at radius 2 is 1.60 bits per heavy atom. The zero-order valence-corrected chi connectivity index (χ0v) is 13.5. The summed E-state index contributed by atoms with van der Waals surface area (Å²) in [7, 11) is 1.53. The van der Waals surface area contributed by atoms with Gasteiger partial charge in [0.2, 0.25) is 5.78 Å². The van der Waals surface area contributed by atoms with Crippen LogP contribution in [0.1, 0.15) is 26.3 Å². The van der Waals surface area contributed by atoms with Crippen LogP contribution >= 0.6 is 0 Å².